The standard InChI is InChI=1S/C18H23N3O4S/c1-3-25-17-10-5-4-9-16(17)20-18(22)11-13-21(26(2,23)24)14-15-8-6-7-12-19-15/h4-10,12H,3,11,13-14H2,1-2H3,(H,20,22). The van der Waals surface area contributed by atoms with Crippen LogP contribution < -0.4 is 10.1 Å². The maximum atomic E-state index is 12.2. The highest BCUT2D eigenvalue weighted by Gasteiger charge is 2.19. The van der Waals surface area contributed by atoms with Gasteiger partial charge in [0.05, 0.1) is 30.8 Å². The van der Waals surface area contributed by atoms with Gasteiger partial charge in [0.1, 0.15) is 5.75 Å². The maximum Gasteiger partial charge on any atom is 0.225 e. The van der Waals surface area contributed by atoms with Gasteiger partial charge in [0, 0.05) is 19.2 Å². The van der Waals surface area contributed by atoms with E-state index in [1.165, 1.54) is 4.31 Å². The van der Waals surface area contributed by atoms with Gasteiger partial charge in [-0.3, -0.25) is 9.78 Å². The van der Waals surface area contributed by atoms with Crippen LogP contribution in [0.25, 0.3) is 0 Å². The molecule has 1 N–H and O–H groups in total. The number of aromatic nitrogens is 1. The van der Waals surface area contributed by atoms with Crippen LogP contribution in [0.5, 0.6) is 5.75 Å². The minimum Gasteiger partial charge on any atom is -0.492 e. The van der Waals surface area contributed by atoms with Crippen molar-refractivity contribution in [2.45, 2.75) is 19.9 Å². The van der Waals surface area contributed by atoms with Crippen LogP contribution in [0, 0.1) is 0 Å². The van der Waals surface area contributed by atoms with Gasteiger partial charge in [-0.2, -0.15) is 4.31 Å². The third kappa shape index (κ3) is 6.12. The lowest BCUT2D eigenvalue weighted by Gasteiger charge is -2.19. The van der Waals surface area contributed by atoms with E-state index in [1.54, 1.807) is 42.6 Å². The second kappa shape index (κ2) is 9.30. The first kappa shape index (κ1) is 19.9. The minimum absolute atomic E-state index is 0.0281. The lowest BCUT2D eigenvalue weighted by molar-refractivity contribution is -0.116. The first-order valence-corrected chi connectivity index (χ1v) is 10.1. The van der Waals surface area contributed by atoms with E-state index in [2.05, 4.69) is 10.3 Å². The van der Waals surface area contributed by atoms with Crippen LogP contribution >= 0.6 is 0 Å². The molecule has 0 unspecified atom stereocenters. The molecular formula is C18H23N3O4S. The van der Waals surface area contributed by atoms with Crippen molar-refractivity contribution in [1.29, 1.82) is 0 Å². The lowest BCUT2D eigenvalue weighted by atomic mass is 10.2. The highest BCUT2D eigenvalue weighted by atomic mass is 32.2. The highest BCUT2D eigenvalue weighted by molar-refractivity contribution is 7.88. The van der Waals surface area contributed by atoms with E-state index in [0.717, 1.165) is 6.26 Å². The summed E-state index contributed by atoms with van der Waals surface area (Å²) in [5, 5.41) is 2.76. The number of carbonyl (C=O) groups is 1. The summed E-state index contributed by atoms with van der Waals surface area (Å²) in [6, 6.07) is 12.4. The first-order valence-electron chi connectivity index (χ1n) is 8.27. The molecule has 0 aliphatic carbocycles. The molecule has 140 valence electrons. The summed E-state index contributed by atoms with van der Waals surface area (Å²) in [4.78, 5) is 16.4. The van der Waals surface area contributed by atoms with Gasteiger partial charge in [-0.05, 0) is 31.2 Å². The number of anilines is 1. The molecule has 0 atom stereocenters. The van der Waals surface area contributed by atoms with Crippen LogP contribution in [0.2, 0.25) is 0 Å². The Kier molecular flexibility index (Phi) is 7.11. The van der Waals surface area contributed by atoms with Crippen molar-refractivity contribution in [2.24, 2.45) is 0 Å². The van der Waals surface area contributed by atoms with Gasteiger partial charge in [0.2, 0.25) is 15.9 Å². The predicted octanol–water partition coefficient (Wildman–Crippen LogP) is 2.27. The number of carbonyl (C=O) groups excluding carboxylic acids is 1. The Bertz CT molecular complexity index is 825. The van der Waals surface area contributed by atoms with Crippen molar-refractivity contribution in [1.82, 2.24) is 9.29 Å². The molecule has 0 bridgehead atoms. The molecule has 26 heavy (non-hydrogen) atoms. The first-order chi connectivity index (χ1) is 12.4. The van der Waals surface area contributed by atoms with E-state index in [4.69, 9.17) is 4.74 Å². The number of pyridine rings is 1. The molecule has 2 aromatic rings. The second-order valence-electron chi connectivity index (χ2n) is 5.64. The summed E-state index contributed by atoms with van der Waals surface area (Å²) in [6.45, 7) is 2.54. The molecule has 0 radical (unpaired) electrons. The molecule has 1 heterocycles. The number of rotatable bonds is 9. The number of ether oxygens (including phenoxy) is 1. The molecule has 0 fully saturated rings. The van der Waals surface area contributed by atoms with E-state index in [-0.39, 0.29) is 25.4 Å². The fraction of sp³-hybridized carbons (Fsp3) is 0.333. The van der Waals surface area contributed by atoms with Crippen LogP contribution in [0.1, 0.15) is 19.0 Å². The average Bonchev–Trinajstić information content (AvgIpc) is 2.60. The third-order valence-electron chi connectivity index (χ3n) is 3.58. The van der Waals surface area contributed by atoms with Crippen LogP contribution in [0.3, 0.4) is 0 Å². The SMILES string of the molecule is CCOc1ccccc1NC(=O)CCN(Cc1ccccn1)S(C)(=O)=O. The molecule has 0 aliphatic heterocycles. The largest absolute Gasteiger partial charge is 0.492 e. The van der Waals surface area contributed by atoms with Gasteiger partial charge >= 0.3 is 0 Å². The number of benzene rings is 1. The number of nitrogens with zero attached hydrogens (tertiary/aromatic N) is 2. The molecule has 8 heteroatoms. The maximum absolute atomic E-state index is 12.2. The summed E-state index contributed by atoms with van der Waals surface area (Å²) in [6.07, 6.45) is 2.76. The monoisotopic (exact) mass is 377 g/mol. The van der Waals surface area contributed by atoms with E-state index in [0.29, 0.717) is 23.7 Å². The van der Waals surface area contributed by atoms with Gasteiger partial charge in [0.15, 0.2) is 0 Å². The highest BCUT2D eigenvalue weighted by Crippen LogP contribution is 2.23. The number of nitrogens with one attached hydrogen (secondary N) is 1. The molecule has 1 amide bonds. The van der Waals surface area contributed by atoms with Crippen molar-refractivity contribution < 1.29 is 17.9 Å². The Labute approximate surface area is 154 Å². The van der Waals surface area contributed by atoms with Crippen LogP contribution in [0.4, 0.5) is 5.69 Å². The Morgan fingerprint density at radius 1 is 1.19 bits per heavy atom. The van der Waals surface area contributed by atoms with Crippen molar-refractivity contribution in [3.05, 3.63) is 54.4 Å². The average molecular weight is 377 g/mol. The number of para-hydroxylation sites is 2. The van der Waals surface area contributed by atoms with Gasteiger partial charge in [-0.25, -0.2) is 8.42 Å². The summed E-state index contributed by atoms with van der Waals surface area (Å²) in [7, 11) is -3.46. The Morgan fingerprint density at radius 3 is 2.58 bits per heavy atom. The fourth-order valence-electron chi connectivity index (χ4n) is 2.32. The van der Waals surface area contributed by atoms with E-state index in [9.17, 15) is 13.2 Å². The fourth-order valence-corrected chi connectivity index (χ4v) is 3.11. The van der Waals surface area contributed by atoms with Crippen molar-refractivity contribution in [3.8, 4) is 5.75 Å². The summed E-state index contributed by atoms with van der Waals surface area (Å²) in [5.74, 6) is 0.295. The Balaban J connectivity index is 1.99. The number of amides is 1. The molecule has 0 spiro atoms. The van der Waals surface area contributed by atoms with Crippen LogP contribution in [-0.4, -0.2) is 43.0 Å². The van der Waals surface area contributed by atoms with Crippen molar-refractivity contribution in [3.63, 3.8) is 0 Å². The van der Waals surface area contributed by atoms with Crippen LogP contribution in [0.15, 0.2) is 48.7 Å². The van der Waals surface area contributed by atoms with Gasteiger partial charge in [-0.1, -0.05) is 18.2 Å². The predicted molar refractivity (Wildman–Crippen MR) is 100 cm³/mol. The molecule has 0 saturated carbocycles. The van der Waals surface area contributed by atoms with E-state index < -0.39 is 10.0 Å². The summed E-state index contributed by atoms with van der Waals surface area (Å²) in [5.41, 5.74) is 1.19. The topological polar surface area (TPSA) is 88.6 Å². The van der Waals surface area contributed by atoms with Gasteiger partial charge in [0.25, 0.3) is 0 Å². The van der Waals surface area contributed by atoms with Crippen molar-refractivity contribution in [2.75, 3.05) is 24.7 Å². The Morgan fingerprint density at radius 2 is 1.92 bits per heavy atom. The van der Waals surface area contributed by atoms with Crippen LogP contribution in [-0.2, 0) is 21.4 Å². The number of hydrogen-bond acceptors (Lipinski definition) is 5. The van der Waals surface area contributed by atoms with Crippen molar-refractivity contribution >= 4 is 21.6 Å². The molecule has 0 aliphatic rings. The molecular weight excluding hydrogens is 354 g/mol. The third-order valence-corrected chi connectivity index (χ3v) is 4.83. The minimum atomic E-state index is -3.46. The quantitative estimate of drug-likeness (QED) is 0.724. The zero-order valence-corrected chi connectivity index (χ0v) is 15.7. The number of hydrogen-bond donors (Lipinski definition) is 1. The summed E-state index contributed by atoms with van der Waals surface area (Å²) < 4.78 is 30.7. The smallest absolute Gasteiger partial charge is 0.225 e. The normalized spacial score (nSPS) is 11.3. The van der Waals surface area contributed by atoms with E-state index in [1.807, 2.05) is 13.0 Å². The molecule has 2 rings (SSSR count). The molecule has 1 aromatic heterocycles. The second-order valence-corrected chi connectivity index (χ2v) is 7.63. The molecule has 1 aromatic carbocycles. The van der Waals surface area contributed by atoms with Gasteiger partial charge in [-0.15, -0.1) is 0 Å². The molecule has 0 saturated heterocycles. The number of sulfonamides is 1. The zero-order valence-electron chi connectivity index (χ0n) is 14.9. The summed E-state index contributed by atoms with van der Waals surface area (Å²) >= 11 is 0. The van der Waals surface area contributed by atoms with E-state index >= 15 is 0 Å². The van der Waals surface area contributed by atoms with Gasteiger partial charge < -0.3 is 10.1 Å². The molecule has 7 nitrogen and oxygen atoms in total. The zero-order chi connectivity index (χ0) is 19.0. The lowest BCUT2D eigenvalue weighted by Crippen LogP contribution is -2.32. The Hall–Kier alpha value is -2.45.